The van der Waals surface area contributed by atoms with Gasteiger partial charge in [0, 0.05) is 32.0 Å². The Balaban J connectivity index is 1.55. The van der Waals surface area contributed by atoms with E-state index in [2.05, 4.69) is 9.71 Å². The van der Waals surface area contributed by atoms with Gasteiger partial charge in [-0.15, -0.1) is 0 Å². The van der Waals surface area contributed by atoms with E-state index in [4.69, 9.17) is 0 Å². The van der Waals surface area contributed by atoms with Crippen LogP contribution in [0.25, 0.3) is 0 Å². The predicted molar refractivity (Wildman–Crippen MR) is 104 cm³/mol. The number of hydrogen-bond acceptors (Lipinski definition) is 4. The molecule has 0 saturated carbocycles. The minimum Gasteiger partial charge on any atom is -0.339 e. The van der Waals surface area contributed by atoms with Crippen LogP contribution >= 0.6 is 0 Å². The van der Waals surface area contributed by atoms with Gasteiger partial charge in [0.25, 0.3) is 5.91 Å². The first-order valence-corrected chi connectivity index (χ1v) is 10.6. The molecule has 3 rings (SSSR count). The molecule has 0 aliphatic carbocycles. The van der Waals surface area contributed by atoms with Gasteiger partial charge in [0.1, 0.15) is 0 Å². The first-order valence-electron chi connectivity index (χ1n) is 9.13. The second kappa shape index (κ2) is 8.19. The van der Waals surface area contributed by atoms with Crippen molar-refractivity contribution in [2.24, 2.45) is 5.92 Å². The molecule has 6 nitrogen and oxygen atoms in total. The van der Waals surface area contributed by atoms with Crippen molar-refractivity contribution in [2.75, 3.05) is 19.6 Å². The van der Waals surface area contributed by atoms with Crippen molar-refractivity contribution in [3.63, 3.8) is 0 Å². The van der Waals surface area contributed by atoms with E-state index in [0.717, 1.165) is 24.0 Å². The number of amides is 1. The van der Waals surface area contributed by atoms with E-state index in [-0.39, 0.29) is 11.8 Å². The highest BCUT2D eigenvalue weighted by Crippen LogP contribution is 2.21. The molecule has 0 bridgehead atoms. The molecule has 144 valence electrons. The molecule has 1 saturated heterocycles. The zero-order valence-electron chi connectivity index (χ0n) is 15.7. The summed E-state index contributed by atoms with van der Waals surface area (Å²) in [7, 11) is -3.52. The summed E-state index contributed by atoms with van der Waals surface area (Å²) in [6.07, 6.45) is 4.78. The van der Waals surface area contributed by atoms with Crippen LogP contribution in [-0.4, -0.2) is 43.8 Å². The summed E-state index contributed by atoms with van der Waals surface area (Å²) < 4.78 is 28.0. The van der Waals surface area contributed by atoms with Crippen LogP contribution in [-0.2, 0) is 10.0 Å². The quantitative estimate of drug-likeness (QED) is 0.855. The van der Waals surface area contributed by atoms with Crippen LogP contribution < -0.4 is 4.72 Å². The van der Waals surface area contributed by atoms with Crippen LogP contribution in [0.2, 0.25) is 0 Å². The molecule has 0 spiro atoms. The van der Waals surface area contributed by atoms with Crippen molar-refractivity contribution < 1.29 is 13.2 Å². The molecule has 1 aliphatic heterocycles. The molecule has 1 N–H and O–H groups in total. The summed E-state index contributed by atoms with van der Waals surface area (Å²) >= 11 is 0. The zero-order valence-corrected chi connectivity index (χ0v) is 16.5. The summed E-state index contributed by atoms with van der Waals surface area (Å²) in [6.45, 7) is 5.34. The number of pyridine rings is 1. The van der Waals surface area contributed by atoms with E-state index >= 15 is 0 Å². The monoisotopic (exact) mass is 387 g/mol. The highest BCUT2D eigenvalue weighted by Gasteiger charge is 2.25. The van der Waals surface area contributed by atoms with Gasteiger partial charge < -0.3 is 4.90 Å². The lowest BCUT2D eigenvalue weighted by Crippen LogP contribution is -2.41. The van der Waals surface area contributed by atoms with Crippen LogP contribution in [0.1, 0.15) is 34.3 Å². The van der Waals surface area contributed by atoms with Crippen molar-refractivity contribution in [1.82, 2.24) is 14.6 Å². The Kier molecular flexibility index (Phi) is 5.92. The third-order valence-corrected chi connectivity index (χ3v) is 6.57. The van der Waals surface area contributed by atoms with Gasteiger partial charge in [-0.25, -0.2) is 13.1 Å². The first kappa shape index (κ1) is 19.5. The minimum absolute atomic E-state index is 0.0162. The van der Waals surface area contributed by atoms with E-state index in [9.17, 15) is 13.2 Å². The summed E-state index contributed by atoms with van der Waals surface area (Å²) in [5.41, 5.74) is 2.25. The Labute approximate surface area is 160 Å². The molecule has 2 heterocycles. The maximum Gasteiger partial charge on any atom is 0.255 e. The van der Waals surface area contributed by atoms with Crippen LogP contribution in [0, 0.1) is 19.8 Å². The van der Waals surface area contributed by atoms with E-state index in [0.29, 0.717) is 30.1 Å². The van der Waals surface area contributed by atoms with Crippen molar-refractivity contribution >= 4 is 15.9 Å². The number of nitrogens with one attached hydrogen (secondary N) is 1. The van der Waals surface area contributed by atoms with Crippen molar-refractivity contribution in [1.29, 1.82) is 0 Å². The maximum atomic E-state index is 12.6. The topological polar surface area (TPSA) is 79.4 Å². The maximum absolute atomic E-state index is 12.6. The Hall–Kier alpha value is -2.25. The SMILES string of the molecule is Cc1ccc(C)c(S(=O)(=O)NCC2CCN(C(=O)c3cccnc3)CC2)c1. The van der Waals surface area contributed by atoms with Gasteiger partial charge in [-0.1, -0.05) is 12.1 Å². The van der Waals surface area contributed by atoms with Crippen molar-refractivity contribution in [3.05, 3.63) is 59.4 Å². The summed E-state index contributed by atoms with van der Waals surface area (Å²) in [6, 6.07) is 8.95. The summed E-state index contributed by atoms with van der Waals surface area (Å²) in [5.74, 6) is 0.209. The molecule has 0 atom stereocenters. The van der Waals surface area contributed by atoms with Crippen LogP contribution in [0.5, 0.6) is 0 Å². The molecule has 1 aliphatic rings. The van der Waals surface area contributed by atoms with Crippen molar-refractivity contribution in [2.45, 2.75) is 31.6 Å². The number of carbonyl (C=O) groups excluding carboxylic acids is 1. The number of aromatic nitrogens is 1. The van der Waals surface area contributed by atoms with Crippen LogP contribution in [0.4, 0.5) is 0 Å². The Bertz CT molecular complexity index is 905. The van der Waals surface area contributed by atoms with Crippen LogP contribution in [0.3, 0.4) is 0 Å². The van der Waals surface area contributed by atoms with Gasteiger partial charge in [0.2, 0.25) is 10.0 Å². The second-order valence-electron chi connectivity index (χ2n) is 7.10. The molecule has 0 unspecified atom stereocenters. The molecule has 27 heavy (non-hydrogen) atoms. The highest BCUT2D eigenvalue weighted by molar-refractivity contribution is 7.89. The third-order valence-electron chi connectivity index (χ3n) is 5.01. The zero-order chi connectivity index (χ0) is 19.4. The fourth-order valence-corrected chi connectivity index (χ4v) is 4.76. The molecule has 7 heteroatoms. The Morgan fingerprint density at radius 3 is 2.63 bits per heavy atom. The largest absolute Gasteiger partial charge is 0.339 e. The minimum atomic E-state index is -3.52. The Morgan fingerprint density at radius 1 is 1.22 bits per heavy atom. The number of aryl methyl sites for hydroxylation is 2. The lowest BCUT2D eigenvalue weighted by atomic mass is 9.97. The van der Waals surface area contributed by atoms with Gasteiger partial charge in [-0.3, -0.25) is 9.78 Å². The lowest BCUT2D eigenvalue weighted by Gasteiger charge is -2.32. The van der Waals surface area contributed by atoms with Crippen LogP contribution in [0.15, 0.2) is 47.6 Å². The summed E-state index contributed by atoms with van der Waals surface area (Å²) in [4.78, 5) is 18.6. The van der Waals surface area contributed by atoms with Crippen molar-refractivity contribution in [3.8, 4) is 0 Å². The fraction of sp³-hybridized carbons (Fsp3) is 0.400. The standard InChI is InChI=1S/C20H25N3O3S/c1-15-5-6-16(2)19(12-15)27(25,26)22-13-17-7-10-23(11-8-17)20(24)18-4-3-9-21-14-18/h3-6,9,12,14,17,22H,7-8,10-11,13H2,1-2H3. The van der Waals surface area contributed by atoms with E-state index in [1.807, 2.05) is 24.0 Å². The number of sulfonamides is 1. The number of nitrogens with zero attached hydrogens (tertiary/aromatic N) is 2. The molecule has 1 aromatic carbocycles. The molecule has 1 fully saturated rings. The van der Waals surface area contributed by atoms with Gasteiger partial charge in [-0.2, -0.15) is 0 Å². The van der Waals surface area contributed by atoms with E-state index < -0.39 is 10.0 Å². The van der Waals surface area contributed by atoms with E-state index in [1.165, 1.54) is 0 Å². The van der Waals surface area contributed by atoms with Gasteiger partial charge in [-0.05, 0) is 61.9 Å². The Morgan fingerprint density at radius 2 is 1.96 bits per heavy atom. The van der Waals surface area contributed by atoms with Gasteiger partial charge in [0.15, 0.2) is 0 Å². The summed E-state index contributed by atoms with van der Waals surface area (Å²) in [5, 5.41) is 0. The molecular weight excluding hydrogens is 362 g/mol. The number of rotatable bonds is 5. The third kappa shape index (κ3) is 4.73. The molecule has 1 aromatic heterocycles. The fourth-order valence-electron chi connectivity index (χ4n) is 3.31. The van der Waals surface area contributed by atoms with E-state index in [1.54, 1.807) is 37.5 Å². The number of hydrogen-bond donors (Lipinski definition) is 1. The molecular formula is C20H25N3O3S. The normalized spacial score (nSPS) is 15.7. The highest BCUT2D eigenvalue weighted by atomic mass is 32.2. The number of carbonyl (C=O) groups is 1. The average molecular weight is 388 g/mol. The molecule has 1 amide bonds. The molecule has 0 radical (unpaired) electrons. The smallest absolute Gasteiger partial charge is 0.255 e. The molecule has 2 aromatic rings. The number of benzene rings is 1. The lowest BCUT2D eigenvalue weighted by molar-refractivity contribution is 0.0691. The predicted octanol–water partition coefficient (Wildman–Crippen LogP) is 2.53. The average Bonchev–Trinajstić information content (AvgIpc) is 2.69. The van der Waals surface area contributed by atoms with Gasteiger partial charge >= 0.3 is 0 Å². The second-order valence-corrected chi connectivity index (χ2v) is 8.83. The number of likely N-dealkylation sites (tertiary alicyclic amines) is 1. The number of piperidine rings is 1. The first-order chi connectivity index (χ1) is 12.9. The van der Waals surface area contributed by atoms with Gasteiger partial charge in [0.05, 0.1) is 10.5 Å².